The molecule has 0 amide bonds. The van der Waals surface area contributed by atoms with Crippen LogP contribution in [0.3, 0.4) is 0 Å². The molecule has 114 valence electrons. The van der Waals surface area contributed by atoms with Gasteiger partial charge in [-0.3, -0.25) is 0 Å². The van der Waals surface area contributed by atoms with Gasteiger partial charge in [0, 0.05) is 18.0 Å². The molecule has 1 heterocycles. The summed E-state index contributed by atoms with van der Waals surface area (Å²) in [6, 6.07) is 5.97. The highest BCUT2D eigenvalue weighted by molar-refractivity contribution is 7.09. The first kappa shape index (κ1) is 15.8. The topological polar surface area (TPSA) is 54.4 Å². The molecule has 0 fully saturated rings. The summed E-state index contributed by atoms with van der Waals surface area (Å²) in [5.41, 5.74) is 3.41. The van der Waals surface area contributed by atoms with Gasteiger partial charge in [-0.15, -0.1) is 11.3 Å². The fraction of sp³-hybridized carbons (Fsp3) is 0.357. The Labute approximate surface area is 125 Å². The normalized spacial score (nSPS) is 12.6. The highest BCUT2D eigenvalue weighted by Crippen LogP contribution is 2.19. The molecule has 0 spiro atoms. The lowest BCUT2D eigenvalue weighted by Gasteiger charge is -2.13. The maximum Gasteiger partial charge on any atom is 0.387 e. The van der Waals surface area contributed by atoms with E-state index < -0.39 is 12.7 Å². The number of alkyl halides is 2. The molecule has 2 N–H and O–H groups in total. The first-order chi connectivity index (χ1) is 10.1. The molecule has 1 aromatic carbocycles. The fourth-order valence-corrected chi connectivity index (χ4v) is 2.55. The maximum atomic E-state index is 12.0. The molecular weight excluding hydrogens is 298 g/mol. The third-order valence-corrected chi connectivity index (χ3v) is 3.89. The first-order valence-corrected chi connectivity index (χ1v) is 7.26. The lowest BCUT2D eigenvalue weighted by Crippen LogP contribution is -2.21. The van der Waals surface area contributed by atoms with Crippen LogP contribution in [0.5, 0.6) is 5.75 Å². The summed E-state index contributed by atoms with van der Waals surface area (Å²) in [6.45, 7) is 0.100. The summed E-state index contributed by atoms with van der Waals surface area (Å²) in [5.74, 6) is 0.0780. The molecule has 7 heteroatoms. The number of benzene rings is 1. The highest BCUT2D eigenvalue weighted by atomic mass is 32.1. The summed E-state index contributed by atoms with van der Waals surface area (Å²) in [6.07, 6.45) is -0.709. The monoisotopic (exact) mass is 314 g/mol. The quantitative estimate of drug-likeness (QED) is 0.825. The Morgan fingerprint density at radius 2 is 2.05 bits per heavy atom. The summed E-state index contributed by atoms with van der Waals surface area (Å²) < 4.78 is 28.3. The summed E-state index contributed by atoms with van der Waals surface area (Å²) in [7, 11) is 0. The largest absolute Gasteiger partial charge is 0.435 e. The van der Waals surface area contributed by atoms with Crippen molar-refractivity contribution in [2.75, 3.05) is 6.54 Å². The minimum Gasteiger partial charge on any atom is -0.435 e. The van der Waals surface area contributed by atoms with Crippen LogP contribution in [0.25, 0.3) is 0 Å². The fourth-order valence-electron chi connectivity index (χ4n) is 1.81. The Morgan fingerprint density at radius 3 is 2.62 bits per heavy atom. The zero-order valence-corrected chi connectivity index (χ0v) is 12.2. The molecule has 0 aliphatic rings. The van der Waals surface area contributed by atoms with E-state index in [-0.39, 0.29) is 5.75 Å². The molecule has 0 bridgehead atoms. The number of aromatic nitrogens is 1. The van der Waals surface area contributed by atoms with Gasteiger partial charge in [-0.1, -0.05) is 12.1 Å². The maximum absolute atomic E-state index is 12.0. The van der Waals surface area contributed by atoms with Crippen molar-refractivity contribution in [3.63, 3.8) is 0 Å². The van der Waals surface area contributed by atoms with Gasteiger partial charge in [0.1, 0.15) is 5.75 Å². The van der Waals surface area contributed by atoms with Crippen LogP contribution in [-0.2, 0) is 6.54 Å². The number of hydrogen-bond acceptors (Lipinski definition) is 5. The minimum atomic E-state index is -2.84. The molecule has 1 unspecified atom stereocenters. The Bertz CT molecular complexity index is 560. The Morgan fingerprint density at radius 1 is 1.33 bits per heavy atom. The molecule has 2 aromatic rings. The average molecular weight is 314 g/mol. The SMILES string of the molecule is Cc1ncsc1CNCC(O)c1ccc(OC(F)F)cc1. The van der Waals surface area contributed by atoms with Crippen LogP contribution in [0.1, 0.15) is 22.2 Å². The predicted octanol–water partition coefficient (Wildman–Crippen LogP) is 2.88. The predicted molar refractivity (Wildman–Crippen MR) is 76.6 cm³/mol. The third kappa shape index (κ3) is 4.73. The van der Waals surface area contributed by atoms with Crippen molar-refractivity contribution in [1.82, 2.24) is 10.3 Å². The number of rotatable bonds is 7. The lowest BCUT2D eigenvalue weighted by molar-refractivity contribution is -0.0498. The van der Waals surface area contributed by atoms with Gasteiger partial charge in [0.2, 0.25) is 0 Å². The smallest absolute Gasteiger partial charge is 0.387 e. The van der Waals surface area contributed by atoms with Gasteiger partial charge in [0.25, 0.3) is 0 Å². The number of nitrogens with one attached hydrogen (secondary N) is 1. The van der Waals surface area contributed by atoms with E-state index in [2.05, 4.69) is 15.0 Å². The lowest BCUT2D eigenvalue weighted by atomic mass is 10.1. The van der Waals surface area contributed by atoms with Crippen LogP contribution in [0.4, 0.5) is 8.78 Å². The van der Waals surface area contributed by atoms with Crippen LogP contribution in [-0.4, -0.2) is 23.2 Å². The second kappa shape index (κ2) is 7.44. The van der Waals surface area contributed by atoms with Crippen molar-refractivity contribution in [2.24, 2.45) is 0 Å². The minimum absolute atomic E-state index is 0.0780. The van der Waals surface area contributed by atoms with Crippen LogP contribution < -0.4 is 10.1 Å². The van der Waals surface area contributed by atoms with E-state index in [0.29, 0.717) is 18.7 Å². The van der Waals surface area contributed by atoms with Gasteiger partial charge in [-0.25, -0.2) is 4.98 Å². The molecule has 0 saturated heterocycles. The summed E-state index contributed by atoms with van der Waals surface area (Å²) in [4.78, 5) is 5.27. The van der Waals surface area contributed by atoms with Crippen molar-refractivity contribution >= 4 is 11.3 Å². The van der Waals surface area contributed by atoms with Crippen molar-refractivity contribution in [3.8, 4) is 5.75 Å². The van der Waals surface area contributed by atoms with E-state index in [4.69, 9.17) is 0 Å². The Kier molecular flexibility index (Phi) is 5.60. The number of aliphatic hydroxyl groups excluding tert-OH is 1. The number of nitrogens with zero attached hydrogens (tertiary/aromatic N) is 1. The number of ether oxygens (including phenoxy) is 1. The molecule has 4 nitrogen and oxygen atoms in total. The molecular formula is C14H16F2N2O2S. The van der Waals surface area contributed by atoms with Gasteiger partial charge in [-0.05, 0) is 24.6 Å². The number of thiazole rings is 1. The van der Waals surface area contributed by atoms with Gasteiger partial charge in [0.05, 0.1) is 17.3 Å². The Hall–Kier alpha value is -1.57. The van der Waals surface area contributed by atoms with Gasteiger partial charge in [0.15, 0.2) is 0 Å². The summed E-state index contributed by atoms with van der Waals surface area (Å²) >= 11 is 1.56. The molecule has 0 aliphatic heterocycles. The number of hydrogen-bond donors (Lipinski definition) is 2. The zero-order valence-electron chi connectivity index (χ0n) is 11.4. The van der Waals surface area contributed by atoms with Crippen LogP contribution >= 0.6 is 11.3 Å². The van der Waals surface area contributed by atoms with E-state index in [9.17, 15) is 13.9 Å². The molecule has 1 aromatic heterocycles. The van der Waals surface area contributed by atoms with Crippen molar-refractivity contribution in [3.05, 3.63) is 45.9 Å². The van der Waals surface area contributed by atoms with Gasteiger partial charge < -0.3 is 15.2 Å². The second-order valence-electron chi connectivity index (χ2n) is 4.46. The van der Waals surface area contributed by atoms with Crippen molar-refractivity contribution < 1.29 is 18.6 Å². The van der Waals surface area contributed by atoms with E-state index >= 15 is 0 Å². The third-order valence-electron chi connectivity index (χ3n) is 2.96. The highest BCUT2D eigenvalue weighted by Gasteiger charge is 2.09. The van der Waals surface area contributed by atoms with Crippen molar-refractivity contribution in [2.45, 2.75) is 26.2 Å². The van der Waals surface area contributed by atoms with Gasteiger partial charge >= 0.3 is 6.61 Å². The van der Waals surface area contributed by atoms with Gasteiger partial charge in [-0.2, -0.15) is 8.78 Å². The zero-order chi connectivity index (χ0) is 15.2. The van der Waals surface area contributed by atoms with E-state index in [1.54, 1.807) is 29.0 Å². The molecule has 0 saturated carbocycles. The number of aryl methyl sites for hydroxylation is 1. The Balaban J connectivity index is 1.82. The van der Waals surface area contributed by atoms with Crippen LogP contribution in [0.15, 0.2) is 29.8 Å². The van der Waals surface area contributed by atoms with Crippen LogP contribution in [0.2, 0.25) is 0 Å². The molecule has 0 radical (unpaired) electrons. The second-order valence-corrected chi connectivity index (χ2v) is 5.39. The first-order valence-electron chi connectivity index (χ1n) is 6.39. The molecule has 1 atom stereocenters. The summed E-state index contributed by atoms with van der Waals surface area (Å²) in [5, 5.41) is 13.2. The average Bonchev–Trinajstić information content (AvgIpc) is 2.84. The van der Waals surface area contributed by atoms with E-state index in [1.807, 2.05) is 6.92 Å². The number of aliphatic hydroxyl groups is 1. The van der Waals surface area contributed by atoms with E-state index in [1.165, 1.54) is 12.1 Å². The van der Waals surface area contributed by atoms with Crippen molar-refractivity contribution in [1.29, 1.82) is 0 Å². The van der Waals surface area contributed by atoms with Crippen LogP contribution in [0, 0.1) is 6.92 Å². The standard InChI is InChI=1S/C14H16F2N2O2S/c1-9-13(21-8-18-9)7-17-6-12(19)10-2-4-11(5-3-10)20-14(15)16/h2-5,8,12,14,17,19H,6-7H2,1H3. The molecule has 21 heavy (non-hydrogen) atoms. The molecule has 2 rings (SSSR count). The molecule has 0 aliphatic carbocycles. The van der Waals surface area contributed by atoms with E-state index in [0.717, 1.165) is 10.6 Å². The number of halogens is 2.